The van der Waals surface area contributed by atoms with E-state index in [1.54, 1.807) is 0 Å². The highest BCUT2D eigenvalue weighted by atomic mass is 14.3. The predicted octanol–water partition coefficient (Wildman–Crippen LogP) is 11.6. The zero-order valence-electron chi connectivity index (χ0n) is 23.8. The first-order valence-electron chi connectivity index (χ1n) is 15.4. The molecule has 42 heavy (non-hydrogen) atoms. The van der Waals surface area contributed by atoms with Crippen molar-refractivity contribution in [3.63, 3.8) is 0 Å². The summed E-state index contributed by atoms with van der Waals surface area (Å²) in [5.74, 6) is 0.819. The molecular formula is C42H34. The Balaban J connectivity index is 1.40. The van der Waals surface area contributed by atoms with Gasteiger partial charge in [0.1, 0.15) is 0 Å². The average Bonchev–Trinajstić information content (AvgIpc) is 3.07. The molecule has 0 spiro atoms. The SMILES string of the molecule is C1=CCC(C2=CC(C3=CCCC=C3)CC(c3c4ccccc4c(-c4cccc5ccccc45)c4ccccc34)=C2)C=C1. The van der Waals surface area contributed by atoms with Gasteiger partial charge in [-0.2, -0.15) is 0 Å². The number of benzene rings is 5. The molecule has 0 radical (unpaired) electrons. The van der Waals surface area contributed by atoms with Crippen molar-refractivity contribution >= 4 is 37.9 Å². The number of allylic oxidation sites excluding steroid dienone is 12. The van der Waals surface area contributed by atoms with E-state index >= 15 is 0 Å². The van der Waals surface area contributed by atoms with Gasteiger partial charge in [-0.05, 0) is 91.4 Å². The van der Waals surface area contributed by atoms with Crippen LogP contribution in [-0.4, -0.2) is 0 Å². The number of hydrogen-bond acceptors (Lipinski definition) is 0. The number of hydrogen-bond donors (Lipinski definition) is 0. The van der Waals surface area contributed by atoms with E-state index in [0.29, 0.717) is 11.8 Å². The third-order valence-corrected chi connectivity index (χ3v) is 9.35. The summed E-state index contributed by atoms with van der Waals surface area (Å²) < 4.78 is 0. The monoisotopic (exact) mass is 538 g/mol. The van der Waals surface area contributed by atoms with Crippen molar-refractivity contribution in [1.29, 1.82) is 0 Å². The van der Waals surface area contributed by atoms with Crippen LogP contribution in [0, 0.1) is 11.8 Å². The van der Waals surface area contributed by atoms with E-state index in [1.807, 2.05) is 0 Å². The van der Waals surface area contributed by atoms with Crippen molar-refractivity contribution in [2.75, 3.05) is 0 Å². The Kier molecular flexibility index (Phi) is 6.34. The second-order valence-electron chi connectivity index (χ2n) is 11.9. The zero-order valence-corrected chi connectivity index (χ0v) is 23.8. The van der Waals surface area contributed by atoms with E-state index in [1.165, 1.54) is 65.7 Å². The zero-order chi connectivity index (χ0) is 27.9. The molecule has 0 heterocycles. The third kappa shape index (κ3) is 4.30. The molecule has 8 rings (SSSR count). The molecule has 0 aromatic heterocycles. The molecule has 0 heteroatoms. The van der Waals surface area contributed by atoms with Crippen LogP contribution >= 0.6 is 0 Å². The lowest BCUT2D eigenvalue weighted by atomic mass is 9.75. The molecule has 0 bridgehead atoms. The minimum Gasteiger partial charge on any atom is -0.0839 e. The Hall–Kier alpha value is -4.68. The van der Waals surface area contributed by atoms with E-state index in [-0.39, 0.29) is 0 Å². The molecule has 2 unspecified atom stereocenters. The van der Waals surface area contributed by atoms with Gasteiger partial charge >= 0.3 is 0 Å². The van der Waals surface area contributed by atoms with Gasteiger partial charge < -0.3 is 0 Å². The van der Waals surface area contributed by atoms with Crippen molar-refractivity contribution < 1.29 is 0 Å². The van der Waals surface area contributed by atoms with E-state index in [2.05, 4.69) is 146 Å². The van der Waals surface area contributed by atoms with Crippen molar-refractivity contribution in [2.24, 2.45) is 11.8 Å². The Morgan fingerprint density at radius 2 is 1.24 bits per heavy atom. The molecule has 0 aliphatic heterocycles. The summed E-state index contributed by atoms with van der Waals surface area (Å²) in [5, 5.41) is 7.93. The van der Waals surface area contributed by atoms with Gasteiger partial charge in [-0.3, -0.25) is 0 Å². The van der Waals surface area contributed by atoms with Gasteiger partial charge in [-0.15, -0.1) is 0 Å². The summed E-state index contributed by atoms with van der Waals surface area (Å²) in [6.07, 6.45) is 25.8. The Labute approximate surface area is 248 Å². The fraction of sp³-hybridized carbons (Fsp3) is 0.143. The molecule has 0 saturated carbocycles. The number of rotatable bonds is 4. The van der Waals surface area contributed by atoms with Gasteiger partial charge in [0.05, 0.1) is 0 Å². The quantitative estimate of drug-likeness (QED) is 0.200. The smallest absolute Gasteiger partial charge is 0.00613 e. The average molecular weight is 539 g/mol. The first-order valence-corrected chi connectivity index (χ1v) is 15.4. The normalized spacial score (nSPS) is 20.1. The molecule has 202 valence electrons. The van der Waals surface area contributed by atoms with Crippen LogP contribution in [0.25, 0.3) is 49.0 Å². The maximum atomic E-state index is 2.56. The van der Waals surface area contributed by atoms with Crippen LogP contribution in [-0.2, 0) is 0 Å². The predicted molar refractivity (Wildman–Crippen MR) is 181 cm³/mol. The molecule has 0 fully saturated rings. The molecule has 3 aliphatic rings. The van der Waals surface area contributed by atoms with Crippen molar-refractivity contribution in [3.05, 3.63) is 162 Å². The van der Waals surface area contributed by atoms with E-state index < -0.39 is 0 Å². The lowest BCUT2D eigenvalue weighted by Gasteiger charge is -2.29. The van der Waals surface area contributed by atoms with Crippen LogP contribution in [0.3, 0.4) is 0 Å². The van der Waals surface area contributed by atoms with Gasteiger partial charge in [0.2, 0.25) is 0 Å². The molecule has 5 aromatic carbocycles. The topological polar surface area (TPSA) is 0 Å². The highest BCUT2D eigenvalue weighted by Crippen LogP contribution is 2.47. The summed E-state index contributed by atoms with van der Waals surface area (Å²) in [6.45, 7) is 0. The van der Waals surface area contributed by atoms with Gasteiger partial charge in [0.25, 0.3) is 0 Å². The van der Waals surface area contributed by atoms with Gasteiger partial charge in [-0.25, -0.2) is 0 Å². The van der Waals surface area contributed by atoms with Crippen molar-refractivity contribution in [3.8, 4) is 11.1 Å². The molecule has 0 N–H and O–H groups in total. The largest absolute Gasteiger partial charge is 0.0839 e. The molecule has 5 aromatic rings. The first-order chi connectivity index (χ1) is 20.8. The summed E-state index contributed by atoms with van der Waals surface area (Å²) in [6, 6.07) is 33.7. The molecular weight excluding hydrogens is 504 g/mol. The van der Waals surface area contributed by atoms with E-state index in [0.717, 1.165) is 25.7 Å². The summed E-state index contributed by atoms with van der Waals surface area (Å²) in [4.78, 5) is 0. The van der Waals surface area contributed by atoms with Crippen LogP contribution in [0.15, 0.2) is 157 Å². The molecule has 3 aliphatic carbocycles. The van der Waals surface area contributed by atoms with Crippen LogP contribution < -0.4 is 0 Å². The molecule has 2 atom stereocenters. The standard InChI is InChI=1S/C42H34/c1-3-14-29(15-4-1)32-26-33(30-16-5-2-6-17-30)28-34(27-32)41-37-21-9-11-23-39(37)42(40-24-12-10-22-38(40)41)36-25-13-19-31-18-7-8-20-35(31)36/h1,3-5,7-14,16-27,29,33H,2,6,15,28H2. The van der Waals surface area contributed by atoms with Gasteiger partial charge in [-0.1, -0.05) is 146 Å². The van der Waals surface area contributed by atoms with Crippen LogP contribution in [0.4, 0.5) is 0 Å². The fourth-order valence-corrected chi connectivity index (χ4v) is 7.40. The maximum Gasteiger partial charge on any atom is 0.00613 e. The minimum atomic E-state index is 0.395. The Morgan fingerprint density at radius 3 is 1.93 bits per heavy atom. The second kappa shape index (κ2) is 10.6. The molecule has 0 saturated heterocycles. The molecule has 0 nitrogen and oxygen atoms in total. The third-order valence-electron chi connectivity index (χ3n) is 9.35. The van der Waals surface area contributed by atoms with Crippen LogP contribution in [0.5, 0.6) is 0 Å². The first kappa shape index (κ1) is 25.1. The minimum absolute atomic E-state index is 0.395. The summed E-state index contributed by atoms with van der Waals surface area (Å²) in [5.41, 5.74) is 8.42. The van der Waals surface area contributed by atoms with E-state index in [4.69, 9.17) is 0 Å². The van der Waals surface area contributed by atoms with Crippen molar-refractivity contribution in [1.82, 2.24) is 0 Å². The van der Waals surface area contributed by atoms with Crippen LogP contribution in [0.2, 0.25) is 0 Å². The Bertz CT molecular complexity index is 1980. The van der Waals surface area contributed by atoms with Crippen LogP contribution in [0.1, 0.15) is 31.2 Å². The lowest BCUT2D eigenvalue weighted by Crippen LogP contribution is -2.12. The van der Waals surface area contributed by atoms with Gasteiger partial charge in [0.15, 0.2) is 0 Å². The second-order valence-corrected chi connectivity index (χ2v) is 11.9. The maximum absolute atomic E-state index is 2.56. The lowest BCUT2D eigenvalue weighted by molar-refractivity contribution is 0.722. The van der Waals surface area contributed by atoms with Gasteiger partial charge in [0, 0.05) is 11.8 Å². The Morgan fingerprint density at radius 1 is 0.548 bits per heavy atom. The van der Waals surface area contributed by atoms with E-state index in [9.17, 15) is 0 Å². The number of fused-ring (bicyclic) bond motifs is 3. The highest BCUT2D eigenvalue weighted by molar-refractivity contribution is 6.21. The highest BCUT2D eigenvalue weighted by Gasteiger charge is 2.26. The van der Waals surface area contributed by atoms with Crippen molar-refractivity contribution in [2.45, 2.75) is 25.7 Å². The molecule has 0 amide bonds. The summed E-state index contributed by atoms with van der Waals surface area (Å²) in [7, 11) is 0. The fourth-order valence-electron chi connectivity index (χ4n) is 7.40. The summed E-state index contributed by atoms with van der Waals surface area (Å²) >= 11 is 0.